The Hall–Kier alpha value is -1.68. The van der Waals surface area contributed by atoms with Crippen LogP contribution in [0.4, 0.5) is 0 Å². The summed E-state index contributed by atoms with van der Waals surface area (Å²) in [6.45, 7) is 0. The minimum absolute atomic E-state index is 0.222. The summed E-state index contributed by atoms with van der Waals surface area (Å²) in [5, 5.41) is 3.87. The third-order valence-corrected chi connectivity index (χ3v) is 2.02. The van der Waals surface area contributed by atoms with Crippen LogP contribution in [0.25, 0.3) is 11.3 Å². The molecule has 0 bridgehead atoms. The number of aromatic nitrogens is 1. The van der Waals surface area contributed by atoms with Crippen LogP contribution in [-0.4, -0.2) is 10.1 Å². The molecule has 70 valence electrons. The summed E-state index contributed by atoms with van der Waals surface area (Å²) in [5.41, 5.74) is 7.13. The third kappa shape index (κ3) is 1.65. The van der Waals surface area contributed by atoms with E-state index < -0.39 is 0 Å². The zero-order valence-electron chi connectivity index (χ0n) is 7.31. The fraction of sp³-hybridized carbons (Fsp3) is 0. The molecule has 0 aliphatic carbocycles. The van der Waals surface area contributed by atoms with Gasteiger partial charge in [-0.05, 0) is 0 Å². The molecule has 0 saturated heterocycles. The molecule has 3 nitrogen and oxygen atoms in total. The van der Waals surface area contributed by atoms with Crippen molar-refractivity contribution in [2.75, 3.05) is 0 Å². The first-order chi connectivity index (χ1) is 6.77. The van der Waals surface area contributed by atoms with Gasteiger partial charge in [0.1, 0.15) is 10.7 Å². The fourth-order valence-corrected chi connectivity index (χ4v) is 1.23. The first kappa shape index (κ1) is 8.90. The maximum Gasteiger partial charge on any atom is 0.194 e. The molecule has 1 aromatic carbocycles. The van der Waals surface area contributed by atoms with Crippen LogP contribution >= 0.6 is 12.2 Å². The number of rotatable bonds is 2. The molecule has 0 radical (unpaired) electrons. The van der Waals surface area contributed by atoms with Crippen molar-refractivity contribution in [3.05, 3.63) is 42.2 Å². The van der Waals surface area contributed by atoms with Crippen LogP contribution in [0.5, 0.6) is 0 Å². The average Bonchev–Trinajstić information content (AvgIpc) is 2.68. The van der Waals surface area contributed by atoms with Crippen LogP contribution in [0.15, 0.2) is 40.9 Å². The summed E-state index contributed by atoms with van der Waals surface area (Å²) in [7, 11) is 0. The molecule has 0 amide bonds. The van der Waals surface area contributed by atoms with Crippen LogP contribution in [0.2, 0.25) is 0 Å². The van der Waals surface area contributed by atoms with Crippen LogP contribution in [0, 0.1) is 0 Å². The molecule has 14 heavy (non-hydrogen) atoms. The van der Waals surface area contributed by atoms with E-state index >= 15 is 0 Å². The van der Waals surface area contributed by atoms with Crippen molar-refractivity contribution in [3.8, 4) is 11.3 Å². The van der Waals surface area contributed by atoms with Gasteiger partial charge in [0.25, 0.3) is 0 Å². The van der Waals surface area contributed by atoms with Gasteiger partial charge in [-0.15, -0.1) is 0 Å². The Morgan fingerprint density at radius 3 is 2.57 bits per heavy atom. The van der Waals surface area contributed by atoms with Gasteiger partial charge in [0.2, 0.25) is 0 Å². The first-order valence-electron chi connectivity index (χ1n) is 4.09. The highest BCUT2D eigenvalue weighted by molar-refractivity contribution is 7.80. The first-order valence-corrected chi connectivity index (χ1v) is 4.50. The summed E-state index contributed by atoms with van der Waals surface area (Å²) in [4.78, 5) is 0.222. The van der Waals surface area contributed by atoms with E-state index in [1.54, 1.807) is 6.07 Å². The zero-order chi connectivity index (χ0) is 9.97. The second-order valence-corrected chi connectivity index (χ2v) is 3.25. The van der Waals surface area contributed by atoms with E-state index in [1.165, 1.54) is 0 Å². The molecule has 0 unspecified atom stereocenters. The zero-order valence-corrected chi connectivity index (χ0v) is 8.12. The number of nitrogens with zero attached hydrogens (tertiary/aromatic N) is 1. The highest BCUT2D eigenvalue weighted by atomic mass is 32.1. The van der Waals surface area contributed by atoms with Gasteiger partial charge >= 0.3 is 0 Å². The van der Waals surface area contributed by atoms with Crippen molar-refractivity contribution < 1.29 is 4.52 Å². The fourth-order valence-electron chi connectivity index (χ4n) is 1.14. The van der Waals surface area contributed by atoms with E-state index in [4.69, 9.17) is 22.5 Å². The Bertz CT molecular complexity index is 450. The van der Waals surface area contributed by atoms with Crippen molar-refractivity contribution in [1.29, 1.82) is 0 Å². The van der Waals surface area contributed by atoms with Crippen LogP contribution < -0.4 is 5.73 Å². The molecule has 1 aromatic heterocycles. The molecular formula is C10H8N2OS. The van der Waals surface area contributed by atoms with Gasteiger partial charge in [-0.25, -0.2) is 0 Å². The molecule has 0 atom stereocenters. The van der Waals surface area contributed by atoms with Gasteiger partial charge < -0.3 is 10.3 Å². The van der Waals surface area contributed by atoms with E-state index in [0.29, 0.717) is 5.76 Å². The van der Waals surface area contributed by atoms with E-state index in [-0.39, 0.29) is 4.99 Å². The molecule has 0 fully saturated rings. The summed E-state index contributed by atoms with van der Waals surface area (Å²) in [6.07, 6.45) is 0. The highest BCUT2D eigenvalue weighted by Gasteiger charge is 2.07. The quantitative estimate of drug-likeness (QED) is 0.760. The van der Waals surface area contributed by atoms with Gasteiger partial charge in [0, 0.05) is 11.6 Å². The molecule has 0 spiro atoms. The second-order valence-electron chi connectivity index (χ2n) is 2.81. The van der Waals surface area contributed by atoms with Crippen LogP contribution in [-0.2, 0) is 0 Å². The predicted octanol–water partition coefficient (Wildman–Crippen LogP) is 1.98. The Labute approximate surface area is 86.5 Å². The summed E-state index contributed by atoms with van der Waals surface area (Å²) >= 11 is 4.77. The molecule has 2 rings (SSSR count). The molecule has 2 aromatic rings. The summed E-state index contributed by atoms with van der Waals surface area (Å²) in [5.74, 6) is 0.443. The number of nitrogens with two attached hydrogens (primary N) is 1. The van der Waals surface area contributed by atoms with E-state index in [2.05, 4.69) is 5.16 Å². The van der Waals surface area contributed by atoms with E-state index in [9.17, 15) is 0 Å². The summed E-state index contributed by atoms with van der Waals surface area (Å²) < 4.78 is 4.96. The normalized spacial score (nSPS) is 10.0. The largest absolute Gasteiger partial charge is 0.387 e. The lowest BCUT2D eigenvalue weighted by molar-refractivity contribution is 0.416. The minimum Gasteiger partial charge on any atom is -0.387 e. The topological polar surface area (TPSA) is 52.0 Å². The number of thiocarbonyl (C=S) groups is 1. The van der Waals surface area contributed by atoms with Crippen molar-refractivity contribution in [2.24, 2.45) is 5.73 Å². The smallest absolute Gasteiger partial charge is 0.194 e. The lowest BCUT2D eigenvalue weighted by Gasteiger charge is -1.91. The van der Waals surface area contributed by atoms with Gasteiger partial charge in [-0.3, -0.25) is 0 Å². The lowest BCUT2D eigenvalue weighted by atomic mass is 10.1. The van der Waals surface area contributed by atoms with Gasteiger partial charge in [0.05, 0.1) is 0 Å². The van der Waals surface area contributed by atoms with Gasteiger partial charge in [-0.2, -0.15) is 0 Å². The molecule has 2 N–H and O–H groups in total. The molecule has 1 heterocycles. The Kier molecular flexibility index (Phi) is 2.28. The van der Waals surface area contributed by atoms with Gasteiger partial charge in [-0.1, -0.05) is 47.7 Å². The van der Waals surface area contributed by atoms with Crippen LogP contribution in [0.1, 0.15) is 5.76 Å². The van der Waals surface area contributed by atoms with Crippen LogP contribution in [0.3, 0.4) is 0 Å². The van der Waals surface area contributed by atoms with Crippen molar-refractivity contribution >= 4 is 17.2 Å². The summed E-state index contributed by atoms with van der Waals surface area (Å²) in [6, 6.07) is 11.4. The van der Waals surface area contributed by atoms with Crippen molar-refractivity contribution in [3.63, 3.8) is 0 Å². The second kappa shape index (κ2) is 3.59. The number of benzene rings is 1. The Balaban J connectivity index is 2.39. The number of hydrogen-bond acceptors (Lipinski definition) is 3. The highest BCUT2D eigenvalue weighted by Crippen LogP contribution is 2.18. The number of hydrogen-bond donors (Lipinski definition) is 1. The molecule has 0 aliphatic heterocycles. The Morgan fingerprint density at radius 2 is 2.00 bits per heavy atom. The van der Waals surface area contributed by atoms with Crippen molar-refractivity contribution in [2.45, 2.75) is 0 Å². The maximum absolute atomic E-state index is 5.40. The molecule has 4 heteroatoms. The maximum atomic E-state index is 5.40. The van der Waals surface area contributed by atoms with E-state index in [1.807, 2.05) is 30.3 Å². The SMILES string of the molecule is NC(=S)c1cc(-c2ccccc2)no1. The third-order valence-electron chi connectivity index (χ3n) is 1.82. The standard InChI is InChI=1S/C10H8N2OS/c11-10(14)9-6-8(12-13-9)7-4-2-1-3-5-7/h1-6H,(H2,11,14). The lowest BCUT2D eigenvalue weighted by Crippen LogP contribution is -2.07. The van der Waals surface area contributed by atoms with Gasteiger partial charge in [0.15, 0.2) is 5.76 Å². The minimum atomic E-state index is 0.222. The molecular weight excluding hydrogens is 196 g/mol. The predicted molar refractivity (Wildman–Crippen MR) is 57.8 cm³/mol. The monoisotopic (exact) mass is 204 g/mol. The Morgan fingerprint density at radius 1 is 1.29 bits per heavy atom. The van der Waals surface area contributed by atoms with E-state index in [0.717, 1.165) is 11.3 Å². The van der Waals surface area contributed by atoms with Crippen molar-refractivity contribution in [1.82, 2.24) is 5.16 Å². The molecule has 0 saturated carbocycles. The molecule has 0 aliphatic rings. The average molecular weight is 204 g/mol.